The number of nitrogens with one attached hydrogen (secondary N) is 1. The first-order valence-electron chi connectivity index (χ1n) is 6.10. The van der Waals surface area contributed by atoms with E-state index < -0.39 is 24.6 Å². The highest BCUT2D eigenvalue weighted by molar-refractivity contribution is 6.30. The van der Waals surface area contributed by atoms with Crippen molar-refractivity contribution in [3.8, 4) is 0 Å². The number of amides is 1. The first-order chi connectivity index (χ1) is 9.13. The van der Waals surface area contributed by atoms with Crippen LogP contribution in [0.3, 0.4) is 0 Å². The fourth-order valence-electron chi connectivity index (χ4n) is 2.06. The van der Waals surface area contributed by atoms with Crippen LogP contribution in [0.15, 0.2) is 18.2 Å². The molecule has 1 aromatic rings. The van der Waals surface area contributed by atoms with E-state index in [1.165, 1.54) is 12.1 Å². The molecule has 1 saturated heterocycles. The van der Waals surface area contributed by atoms with Crippen LogP contribution >= 0.6 is 11.6 Å². The number of ether oxygens (including phenoxy) is 1. The Bertz CT molecular complexity index is 463. The van der Waals surface area contributed by atoms with Gasteiger partial charge in [-0.2, -0.15) is 0 Å². The molecule has 0 aromatic heterocycles. The van der Waals surface area contributed by atoms with E-state index in [4.69, 9.17) is 16.3 Å². The predicted octanol–water partition coefficient (Wildman–Crippen LogP) is 1.81. The van der Waals surface area contributed by atoms with E-state index in [-0.39, 0.29) is 16.5 Å². The molecule has 0 radical (unpaired) electrons. The number of hydrogen-bond acceptors (Lipinski definition) is 3. The van der Waals surface area contributed by atoms with Crippen LogP contribution in [0.5, 0.6) is 0 Å². The molecule has 2 atom stereocenters. The zero-order valence-corrected chi connectivity index (χ0v) is 11.0. The zero-order valence-electron chi connectivity index (χ0n) is 10.2. The molecular formula is C13H15ClFNO3. The fraction of sp³-hybridized carbons (Fsp3) is 0.462. The minimum atomic E-state index is -0.824. The average molecular weight is 288 g/mol. The Hall–Kier alpha value is -1.17. The normalized spacial score (nSPS) is 20.3. The van der Waals surface area contributed by atoms with E-state index in [1.807, 2.05) is 0 Å². The molecule has 104 valence electrons. The van der Waals surface area contributed by atoms with Gasteiger partial charge in [-0.1, -0.05) is 23.7 Å². The highest BCUT2D eigenvalue weighted by atomic mass is 35.5. The molecule has 2 N–H and O–H groups in total. The summed E-state index contributed by atoms with van der Waals surface area (Å²) in [6.07, 6.45) is 0.950. The number of aliphatic hydroxyl groups is 1. The first-order valence-corrected chi connectivity index (χ1v) is 6.48. The monoisotopic (exact) mass is 287 g/mol. The summed E-state index contributed by atoms with van der Waals surface area (Å²) in [6.45, 7) is 0.142. The van der Waals surface area contributed by atoms with Crippen LogP contribution < -0.4 is 5.32 Å². The number of halogens is 2. The standard InChI is InChI=1S/C13H15ClFNO3/c14-9-4-1-3-8(12(9)15)10(7-17)16-13(18)11-5-2-6-19-11/h1,3-4,10-11,17H,2,5-7H2,(H,16,18)/t10-,11-/m1/s1. The van der Waals surface area contributed by atoms with Gasteiger partial charge in [0.05, 0.1) is 17.7 Å². The van der Waals surface area contributed by atoms with Crippen LogP contribution in [0.4, 0.5) is 4.39 Å². The number of rotatable bonds is 4. The fourth-order valence-corrected chi connectivity index (χ4v) is 2.24. The molecule has 1 amide bonds. The Balaban J connectivity index is 2.11. The van der Waals surface area contributed by atoms with Crippen molar-refractivity contribution in [2.45, 2.75) is 25.0 Å². The quantitative estimate of drug-likeness (QED) is 0.888. The highest BCUT2D eigenvalue weighted by Crippen LogP contribution is 2.24. The van der Waals surface area contributed by atoms with Gasteiger partial charge in [0, 0.05) is 12.2 Å². The number of carbonyl (C=O) groups is 1. The van der Waals surface area contributed by atoms with Crippen molar-refractivity contribution < 1.29 is 19.0 Å². The second-order valence-electron chi connectivity index (χ2n) is 4.39. The van der Waals surface area contributed by atoms with Gasteiger partial charge >= 0.3 is 0 Å². The van der Waals surface area contributed by atoms with E-state index in [0.717, 1.165) is 6.42 Å². The van der Waals surface area contributed by atoms with Crippen LogP contribution in [0.1, 0.15) is 24.4 Å². The second kappa shape index (κ2) is 6.32. The van der Waals surface area contributed by atoms with Gasteiger partial charge in [0.1, 0.15) is 11.9 Å². The number of benzene rings is 1. The van der Waals surface area contributed by atoms with Crippen molar-refractivity contribution in [2.24, 2.45) is 0 Å². The predicted molar refractivity (Wildman–Crippen MR) is 68.4 cm³/mol. The lowest BCUT2D eigenvalue weighted by Gasteiger charge is -2.19. The van der Waals surface area contributed by atoms with Crippen molar-refractivity contribution >= 4 is 17.5 Å². The maximum absolute atomic E-state index is 13.8. The van der Waals surface area contributed by atoms with Gasteiger partial charge in [-0.05, 0) is 18.9 Å². The van der Waals surface area contributed by atoms with E-state index in [2.05, 4.69) is 5.32 Å². The Morgan fingerprint density at radius 1 is 1.63 bits per heavy atom. The minimum Gasteiger partial charge on any atom is -0.394 e. The third kappa shape index (κ3) is 3.23. The number of carbonyl (C=O) groups excluding carboxylic acids is 1. The third-order valence-corrected chi connectivity index (χ3v) is 3.37. The molecule has 19 heavy (non-hydrogen) atoms. The van der Waals surface area contributed by atoms with E-state index in [9.17, 15) is 14.3 Å². The second-order valence-corrected chi connectivity index (χ2v) is 4.80. The molecule has 1 heterocycles. The van der Waals surface area contributed by atoms with E-state index in [0.29, 0.717) is 13.0 Å². The molecule has 0 unspecified atom stereocenters. The molecule has 0 bridgehead atoms. The van der Waals surface area contributed by atoms with Gasteiger partial charge in [-0.3, -0.25) is 4.79 Å². The number of aliphatic hydroxyl groups excluding tert-OH is 1. The summed E-state index contributed by atoms with van der Waals surface area (Å²) in [7, 11) is 0. The summed E-state index contributed by atoms with van der Waals surface area (Å²) < 4.78 is 19.1. The maximum atomic E-state index is 13.8. The lowest BCUT2D eigenvalue weighted by Crippen LogP contribution is -2.38. The largest absolute Gasteiger partial charge is 0.394 e. The van der Waals surface area contributed by atoms with Gasteiger partial charge in [0.25, 0.3) is 0 Å². The zero-order chi connectivity index (χ0) is 13.8. The lowest BCUT2D eigenvalue weighted by atomic mass is 10.1. The summed E-state index contributed by atoms with van der Waals surface area (Å²) in [6, 6.07) is 3.64. The molecule has 1 aromatic carbocycles. The number of hydrogen-bond donors (Lipinski definition) is 2. The average Bonchev–Trinajstić information content (AvgIpc) is 2.93. The third-order valence-electron chi connectivity index (χ3n) is 3.08. The first kappa shape index (κ1) is 14.2. The van der Waals surface area contributed by atoms with Crippen molar-refractivity contribution in [2.75, 3.05) is 13.2 Å². The lowest BCUT2D eigenvalue weighted by molar-refractivity contribution is -0.131. The van der Waals surface area contributed by atoms with Gasteiger partial charge in [-0.25, -0.2) is 4.39 Å². The van der Waals surface area contributed by atoms with Gasteiger partial charge < -0.3 is 15.2 Å². The Kier molecular flexibility index (Phi) is 4.74. The maximum Gasteiger partial charge on any atom is 0.249 e. The van der Waals surface area contributed by atoms with Crippen LogP contribution in [0.25, 0.3) is 0 Å². The minimum absolute atomic E-state index is 0.0395. The molecule has 1 aliphatic rings. The van der Waals surface area contributed by atoms with Crippen molar-refractivity contribution in [1.29, 1.82) is 0 Å². The SMILES string of the molecule is O=C(N[C@H](CO)c1cccc(Cl)c1F)[C@H]1CCCO1. The molecule has 6 heteroatoms. The van der Waals surface area contributed by atoms with Gasteiger partial charge in [0.2, 0.25) is 5.91 Å². The molecule has 1 aliphatic heterocycles. The summed E-state index contributed by atoms with van der Waals surface area (Å²) in [5, 5.41) is 11.9. The highest BCUT2D eigenvalue weighted by Gasteiger charge is 2.27. The summed E-state index contributed by atoms with van der Waals surface area (Å²) in [5.74, 6) is -0.966. The molecular weight excluding hydrogens is 273 g/mol. The molecule has 0 spiro atoms. The molecule has 1 fully saturated rings. The molecule has 0 saturated carbocycles. The molecule has 0 aliphatic carbocycles. The van der Waals surface area contributed by atoms with Crippen LogP contribution in [0.2, 0.25) is 5.02 Å². The Morgan fingerprint density at radius 3 is 3.05 bits per heavy atom. The van der Waals surface area contributed by atoms with Crippen LogP contribution in [0, 0.1) is 5.82 Å². The summed E-state index contributed by atoms with van der Waals surface area (Å²) >= 11 is 5.68. The van der Waals surface area contributed by atoms with E-state index in [1.54, 1.807) is 6.07 Å². The molecule has 2 rings (SSSR count). The van der Waals surface area contributed by atoms with Crippen molar-refractivity contribution in [1.82, 2.24) is 5.32 Å². The topological polar surface area (TPSA) is 58.6 Å². The Morgan fingerprint density at radius 2 is 2.42 bits per heavy atom. The molecule has 4 nitrogen and oxygen atoms in total. The van der Waals surface area contributed by atoms with Gasteiger partial charge in [-0.15, -0.1) is 0 Å². The Labute approximate surface area is 115 Å². The van der Waals surface area contributed by atoms with Crippen molar-refractivity contribution in [3.05, 3.63) is 34.6 Å². The van der Waals surface area contributed by atoms with Crippen LogP contribution in [-0.2, 0) is 9.53 Å². The smallest absolute Gasteiger partial charge is 0.249 e. The van der Waals surface area contributed by atoms with E-state index >= 15 is 0 Å². The summed E-state index contributed by atoms with van der Waals surface area (Å²) in [5.41, 5.74) is 0.168. The van der Waals surface area contributed by atoms with Crippen molar-refractivity contribution in [3.63, 3.8) is 0 Å². The van der Waals surface area contributed by atoms with Gasteiger partial charge in [0.15, 0.2) is 0 Å². The van der Waals surface area contributed by atoms with Crippen LogP contribution in [-0.4, -0.2) is 30.3 Å². The summed E-state index contributed by atoms with van der Waals surface area (Å²) in [4.78, 5) is 11.9.